The van der Waals surface area contributed by atoms with Crippen molar-refractivity contribution in [1.82, 2.24) is 4.90 Å². The minimum absolute atomic E-state index is 0.522. The molecule has 0 fully saturated rings. The van der Waals surface area contributed by atoms with Gasteiger partial charge in [0.15, 0.2) is 0 Å². The first-order valence-corrected chi connectivity index (χ1v) is 6.67. The van der Waals surface area contributed by atoms with Crippen molar-refractivity contribution in [1.29, 1.82) is 0 Å². The molecule has 0 amide bonds. The van der Waals surface area contributed by atoms with Crippen LogP contribution >= 0.6 is 0 Å². The predicted molar refractivity (Wildman–Crippen MR) is 76.8 cm³/mol. The van der Waals surface area contributed by atoms with Crippen LogP contribution in [0.25, 0.3) is 0 Å². The van der Waals surface area contributed by atoms with Crippen LogP contribution in [0.2, 0.25) is 0 Å². The lowest BCUT2D eigenvalue weighted by Gasteiger charge is -2.27. The van der Waals surface area contributed by atoms with Gasteiger partial charge in [0.1, 0.15) is 12.4 Å². The summed E-state index contributed by atoms with van der Waals surface area (Å²) < 4.78 is 5.81. The Labute approximate surface area is 111 Å². The fourth-order valence-corrected chi connectivity index (χ4v) is 1.83. The van der Waals surface area contributed by atoms with Crippen molar-refractivity contribution in [3.05, 3.63) is 29.8 Å². The summed E-state index contributed by atoms with van der Waals surface area (Å²) in [7, 11) is 2.14. The summed E-state index contributed by atoms with van der Waals surface area (Å²) in [6, 6.07) is 8.53. The van der Waals surface area contributed by atoms with Gasteiger partial charge in [0, 0.05) is 24.7 Å². The van der Waals surface area contributed by atoms with Crippen LogP contribution in [0, 0.1) is 5.92 Å². The Morgan fingerprint density at radius 3 is 2.50 bits per heavy atom. The Kier molecular flexibility index (Phi) is 6.16. The summed E-state index contributed by atoms with van der Waals surface area (Å²) >= 11 is 0. The van der Waals surface area contributed by atoms with E-state index in [2.05, 4.69) is 32.7 Å². The molecule has 3 heteroatoms. The van der Waals surface area contributed by atoms with Crippen LogP contribution in [-0.2, 0) is 6.54 Å². The van der Waals surface area contributed by atoms with Gasteiger partial charge in [-0.2, -0.15) is 0 Å². The predicted octanol–water partition coefficient (Wildman–Crippen LogP) is 2.50. The summed E-state index contributed by atoms with van der Waals surface area (Å²) in [5.41, 5.74) is 6.75. The van der Waals surface area contributed by atoms with Gasteiger partial charge in [0.25, 0.3) is 0 Å². The van der Waals surface area contributed by atoms with Gasteiger partial charge in [0.2, 0.25) is 0 Å². The Morgan fingerprint density at radius 2 is 1.89 bits per heavy atom. The molecule has 0 spiro atoms. The molecular formula is C15H26N2O. The molecular weight excluding hydrogens is 224 g/mol. The van der Waals surface area contributed by atoms with Crippen LogP contribution in [0.5, 0.6) is 5.75 Å². The SMILES string of the molecule is CC(C)C(C)N(C)CCOc1ccccc1CN. The molecule has 1 rings (SSSR count). The highest BCUT2D eigenvalue weighted by atomic mass is 16.5. The average Bonchev–Trinajstić information content (AvgIpc) is 2.38. The number of nitrogens with zero attached hydrogens (tertiary/aromatic N) is 1. The molecule has 0 saturated carbocycles. The average molecular weight is 250 g/mol. The first kappa shape index (κ1) is 15.0. The Balaban J connectivity index is 2.42. The van der Waals surface area contributed by atoms with Crippen LogP contribution in [0.3, 0.4) is 0 Å². The molecule has 1 aromatic carbocycles. The van der Waals surface area contributed by atoms with Crippen LogP contribution in [0.15, 0.2) is 24.3 Å². The quantitative estimate of drug-likeness (QED) is 0.808. The Morgan fingerprint density at radius 1 is 1.22 bits per heavy atom. The third kappa shape index (κ3) is 4.31. The zero-order chi connectivity index (χ0) is 13.5. The van der Waals surface area contributed by atoms with Crippen molar-refractivity contribution in [2.45, 2.75) is 33.4 Å². The van der Waals surface area contributed by atoms with E-state index in [1.165, 1.54) is 0 Å². The summed E-state index contributed by atoms with van der Waals surface area (Å²) in [6.45, 7) is 8.88. The van der Waals surface area contributed by atoms with Crippen LogP contribution in [0.1, 0.15) is 26.3 Å². The van der Waals surface area contributed by atoms with E-state index in [-0.39, 0.29) is 0 Å². The normalized spacial score (nSPS) is 13.1. The third-order valence-electron chi connectivity index (χ3n) is 3.55. The second kappa shape index (κ2) is 7.39. The van der Waals surface area contributed by atoms with E-state index in [4.69, 9.17) is 10.5 Å². The van der Waals surface area contributed by atoms with Crippen molar-refractivity contribution in [3.63, 3.8) is 0 Å². The highest BCUT2D eigenvalue weighted by Crippen LogP contribution is 2.17. The number of hydrogen-bond acceptors (Lipinski definition) is 3. The van der Waals surface area contributed by atoms with E-state index < -0.39 is 0 Å². The van der Waals surface area contributed by atoms with Gasteiger partial charge in [-0.1, -0.05) is 32.0 Å². The Bertz CT molecular complexity index is 352. The molecule has 0 bridgehead atoms. The topological polar surface area (TPSA) is 38.5 Å². The van der Waals surface area contributed by atoms with Crippen molar-refractivity contribution in [2.75, 3.05) is 20.2 Å². The monoisotopic (exact) mass is 250 g/mol. The van der Waals surface area contributed by atoms with E-state index in [0.29, 0.717) is 25.1 Å². The molecule has 0 aliphatic carbocycles. The highest BCUT2D eigenvalue weighted by Gasteiger charge is 2.12. The van der Waals surface area contributed by atoms with E-state index >= 15 is 0 Å². The maximum absolute atomic E-state index is 5.81. The maximum Gasteiger partial charge on any atom is 0.123 e. The van der Waals surface area contributed by atoms with Crippen molar-refractivity contribution >= 4 is 0 Å². The molecule has 0 aromatic heterocycles. The molecule has 1 atom stereocenters. The van der Waals surface area contributed by atoms with Crippen molar-refractivity contribution in [3.8, 4) is 5.75 Å². The highest BCUT2D eigenvalue weighted by molar-refractivity contribution is 5.32. The van der Waals surface area contributed by atoms with Gasteiger partial charge in [-0.25, -0.2) is 0 Å². The lowest BCUT2D eigenvalue weighted by Crippen LogP contribution is -2.36. The van der Waals surface area contributed by atoms with Crippen LogP contribution < -0.4 is 10.5 Å². The summed E-state index contributed by atoms with van der Waals surface area (Å²) in [5.74, 6) is 1.57. The number of ether oxygens (including phenoxy) is 1. The second-order valence-electron chi connectivity index (χ2n) is 5.13. The van der Waals surface area contributed by atoms with Crippen LogP contribution in [0.4, 0.5) is 0 Å². The van der Waals surface area contributed by atoms with Crippen molar-refractivity contribution in [2.24, 2.45) is 11.7 Å². The minimum atomic E-state index is 0.522. The molecule has 2 N–H and O–H groups in total. The van der Waals surface area contributed by atoms with Crippen LogP contribution in [-0.4, -0.2) is 31.1 Å². The number of para-hydroxylation sites is 1. The third-order valence-corrected chi connectivity index (χ3v) is 3.55. The molecule has 0 aliphatic rings. The largest absolute Gasteiger partial charge is 0.492 e. The first-order valence-electron chi connectivity index (χ1n) is 6.67. The fraction of sp³-hybridized carbons (Fsp3) is 0.600. The van der Waals surface area contributed by atoms with E-state index in [1.807, 2.05) is 24.3 Å². The van der Waals surface area contributed by atoms with Gasteiger partial charge in [-0.15, -0.1) is 0 Å². The number of benzene rings is 1. The molecule has 1 aromatic rings. The van der Waals surface area contributed by atoms with Gasteiger partial charge < -0.3 is 15.4 Å². The Hall–Kier alpha value is -1.06. The number of rotatable bonds is 7. The molecule has 18 heavy (non-hydrogen) atoms. The number of likely N-dealkylation sites (N-methyl/N-ethyl adjacent to an activating group) is 1. The van der Waals surface area contributed by atoms with Gasteiger partial charge in [-0.3, -0.25) is 0 Å². The first-order chi connectivity index (χ1) is 8.56. The smallest absolute Gasteiger partial charge is 0.123 e. The molecule has 3 nitrogen and oxygen atoms in total. The summed E-state index contributed by atoms with van der Waals surface area (Å²) in [6.07, 6.45) is 0. The van der Waals surface area contributed by atoms with E-state index in [0.717, 1.165) is 17.9 Å². The summed E-state index contributed by atoms with van der Waals surface area (Å²) in [4.78, 5) is 2.33. The molecule has 0 radical (unpaired) electrons. The van der Waals surface area contributed by atoms with Gasteiger partial charge in [-0.05, 0) is 26.0 Å². The molecule has 1 unspecified atom stereocenters. The number of nitrogens with two attached hydrogens (primary N) is 1. The van der Waals surface area contributed by atoms with Gasteiger partial charge in [0.05, 0.1) is 0 Å². The fourth-order valence-electron chi connectivity index (χ4n) is 1.83. The second-order valence-corrected chi connectivity index (χ2v) is 5.13. The zero-order valence-corrected chi connectivity index (χ0v) is 12.0. The summed E-state index contributed by atoms with van der Waals surface area (Å²) in [5, 5.41) is 0. The lowest BCUT2D eigenvalue weighted by molar-refractivity contribution is 0.170. The lowest BCUT2D eigenvalue weighted by atomic mass is 10.1. The number of hydrogen-bond donors (Lipinski definition) is 1. The zero-order valence-electron chi connectivity index (χ0n) is 12.0. The standard InChI is InChI=1S/C15H26N2O/c1-12(2)13(3)17(4)9-10-18-15-8-6-5-7-14(15)11-16/h5-8,12-13H,9-11,16H2,1-4H3. The van der Waals surface area contributed by atoms with Gasteiger partial charge >= 0.3 is 0 Å². The molecule has 0 aliphatic heterocycles. The van der Waals surface area contributed by atoms with Crippen molar-refractivity contribution < 1.29 is 4.74 Å². The molecule has 102 valence electrons. The minimum Gasteiger partial charge on any atom is -0.492 e. The molecule has 0 heterocycles. The molecule has 0 saturated heterocycles. The van der Waals surface area contributed by atoms with E-state index in [1.54, 1.807) is 0 Å². The maximum atomic E-state index is 5.81. The van der Waals surface area contributed by atoms with E-state index in [9.17, 15) is 0 Å².